The van der Waals surface area contributed by atoms with Crippen molar-refractivity contribution < 1.29 is 19.4 Å². The number of carboxylic acids is 1. The van der Waals surface area contributed by atoms with Crippen molar-refractivity contribution in [1.82, 2.24) is 0 Å². The first-order chi connectivity index (χ1) is 14.4. The second kappa shape index (κ2) is 9.87. The highest BCUT2D eigenvalue weighted by molar-refractivity contribution is 9.10. The van der Waals surface area contributed by atoms with Gasteiger partial charge in [0.2, 0.25) is 0 Å². The molecule has 0 aromatic heterocycles. The van der Waals surface area contributed by atoms with Crippen LogP contribution in [0.4, 0.5) is 5.69 Å². The summed E-state index contributed by atoms with van der Waals surface area (Å²) < 4.78 is 12.5. The topological polar surface area (TPSA) is 67.8 Å². The zero-order valence-electron chi connectivity index (χ0n) is 16.5. The first-order valence-electron chi connectivity index (χ1n) is 9.20. The average molecular weight is 491 g/mol. The average Bonchev–Trinajstić information content (AvgIpc) is 2.73. The quantitative estimate of drug-likeness (QED) is 0.387. The van der Waals surface area contributed by atoms with E-state index < -0.39 is 5.97 Å². The Balaban J connectivity index is 1.88. The van der Waals surface area contributed by atoms with Crippen LogP contribution >= 0.6 is 27.5 Å². The molecule has 30 heavy (non-hydrogen) atoms. The van der Waals surface area contributed by atoms with E-state index in [0.717, 1.165) is 21.3 Å². The Morgan fingerprint density at radius 3 is 2.60 bits per heavy atom. The molecule has 0 saturated carbocycles. The lowest BCUT2D eigenvalue weighted by atomic mass is 10.1. The van der Waals surface area contributed by atoms with Gasteiger partial charge in [-0.05, 0) is 42.8 Å². The van der Waals surface area contributed by atoms with Crippen molar-refractivity contribution in [2.45, 2.75) is 20.1 Å². The van der Waals surface area contributed by atoms with Crippen molar-refractivity contribution in [3.63, 3.8) is 0 Å². The van der Waals surface area contributed by atoms with Crippen LogP contribution in [-0.4, -0.2) is 18.2 Å². The fourth-order valence-electron chi connectivity index (χ4n) is 3.07. The summed E-state index contributed by atoms with van der Waals surface area (Å²) in [6, 6.07) is 16.4. The number of halogens is 2. The number of hydrogen-bond donors (Lipinski definition) is 2. The smallest absolute Gasteiger partial charge is 0.336 e. The summed E-state index contributed by atoms with van der Waals surface area (Å²) in [5.74, 6) is 0.229. The molecule has 0 aliphatic heterocycles. The Kier molecular flexibility index (Phi) is 7.24. The molecule has 3 aromatic rings. The van der Waals surface area contributed by atoms with E-state index in [2.05, 4.69) is 21.2 Å². The molecule has 0 bridgehead atoms. The van der Waals surface area contributed by atoms with E-state index in [-0.39, 0.29) is 12.2 Å². The molecule has 156 valence electrons. The summed E-state index contributed by atoms with van der Waals surface area (Å²) in [5.41, 5.74) is 3.38. The van der Waals surface area contributed by atoms with E-state index in [1.165, 1.54) is 0 Å². The van der Waals surface area contributed by atoms with Crippen molar-refractivity contribution in [3.05, 3.63) is 86.3 Å². The largest absolute Gasteiger partial charge is 0.493 e. The molecule has 0 spiro atoms. The van der Waals surface area contributed by atoms with Crippen molar-refractivity contribution in [2.24, 2.45) is 0 Å². The monoisotopic (exact) mass is 489 g/mol. The number of benzene rings is 3. The molecule has 0 amide bonds. The third-order valence-corrected chi connectivity index (χ3v) is 5.85. The molecule has 0 radical (unpaired) electrons. The molecule has 0 aliphatic carbocycles. The lowest BCUT2D eigenvalue weighted by Gasteiger charge is -2.19. The second-order valence-electron chi connectivity index (χ2n) is 6.57. The van der Waals surface area contributed by atoms with Gasteiger partial charge in [-0.25, -0.2) is 4.79 Å². The summed E-state index contributed by atoms with van der Waals surface area (Å²) in [7, 11) is 1.59. The summed E-state index contributed by atoms with van der Waals surface area (Å²) in [5, 5.41) is 13.3. The molecule has 0 aliphatic rings. The van der Waals surface area contributed by atoms with Crippen LogP contribution in [0.5, 0.6) is 11.5 Å². The normalized spacial score (nSPS) is 10.5. The van der Waals surface area contributed by atoms with E-state index in [9.17, 15) is 9.90 Å². The molecule has 0 fully saturated rings. The summed E-state index contributed by atoms with van der Waals surface area (Å²) in [4.78, 5) is 11.4. The van der Waals surface area contributed by atoms with Crippen LogP contribution in [0.2, 0.25) is 5.02 Å². The first-order valence-corrected chi connectivity index (χ1v) is 10.4. The number of anilines is 1. The summed E-state index contributed by atoms with van der Waals surface area (Å²) in [6.45, 7) is 2.47. The number of nitrogens with one attached hydrogen (secondary N) is 1. The van der Waals surface area contributed by atoms with Gasteiger partial charge in [-0.1, -0.05) is 51.8 Å². The van der Waals surface area contributed by atoms with Crippen LogP contribution in [-0.2, 0) is 13.2 Å². The van der Waals surface area contributed by atoms with Crippen molar-refractivity contribution >= 4 is 39.2 Å². The zero-order chi connectivity index (χ0) is 21.7. The van der Waals surface area contributed by atoms with E-state index in [0.29, 0.717) is 28.6 Å². The fourth-order valence-corrected chi connectivity index (χ4v) is 3.72. The Morgan fingerprint density at radius 1 is 1.13 bits per heavy atom. The summed E-state index contributed by atoms with van der Waals surface area (Å²) in [6.07, 6.45) is 0. The van der Waals surface area contributed by atoms with E-state index in [1.807, 2.05) is 42.5 Å². The van der Waals surface area contributed by atoms with E-state index in [1.54, 1.807) is 26.2 Å². The molecule has 0 unspecified atom stereocenters. The van der Waals surface area contributed by atoms with Crippen LogP contribution in [0.25, 0.3) is 0 Å². The lowest BCUT2D eigenvalue weighted by Crippen LogP contribution is -2.08. The maximum Gasteiger partial charge on any atom is 0.336 e. The standard InChI is InChI=1S/C23H21BrClNO4/c1-14-16(23(27)28)7-5-9-20(14)26-12-17-18(24)10-11-21(29-2)22(17)30-13-15-6-3-4-8-19(15)25/h3-11,26H,12-13H2,1-2H3,(H,27,28). The molecule has 3 aromatic carbocycles. The molecule has 5 nitrogen and oxygen atoms in total. The minimum atomic E-state index is -0.956. The van der Waals surface area contributed by atoms with E-state index >= 15 is 0 Å². The molecule has 2 N–H and O–H groups in total. The number of carboxylic acid groups (broad SMARTS) is 1. The molecule has 3 rings (SSSR count). The molecular formula is C23H21BrClNO4. The van der Waals surface area contributed by atoms with Gasteiger partial charge < -0.3 is 19.9 Å². The summed E-state index contributed by atoms with van der Waals surface area (Å²) >= 11 is 9.84. The lowest BCUT2D eigenvalue weighted by molar-refractivity contribution is 0.0696. The predicted molar refractivity (Wildman–Crippen MR) is 122 cm³/mol. The number of ether oxygens (including phenoxy) is 2. The fraction of sp³-hybridized carbons (Fsp3) is 0.174. The highest BCUT2D eigenvalue weighted by Gasteiger charge is 2.17. The van der Waals surface area contributed by atoms with Crippen LogP contribution < -0.4 is 14.8 Å². The SMILES string of the molecule is COc1ccc(Br)c(CNc2cccc(C(=O)O)c2C)c1OCc1ccccc1Cl. The minimum Gasteiger partial charge on any atom is -0.493 e. The van der Waals surface area contributed by atoms with Gasteiger partial charge in [0.05, 0.1) is 12.7 Å². The van der Waals surface area contributed by atoms with Gasteiger partial charge in [-0.15, -0.1) is 0 Å². The van der Waals surface area contributed by atoms with E-state index in [4.69, 9.17) is 21.1 Å². The molecule has 0 saturated heterocycles. The van der Waals surface area contributed by atoms with Gasteiger partial charge in [0, 0.05) is 32.9 Å². The van der Waals surface area contributed by atoms with Crippen molar-refractivity contribution in [1.29, 1.82) is 0 Å². The minimum absolute atomic E-state index is 0.264. The van der Waals surface area contributed by atoms with Gasteiger partial charge in [-0.3, -0.25) is 0 Å². The third kappa shape index (κ3) is 4.89. The maximum absolute atomic E-state index is 11.4. The van der Waals surface area contributed by atoms with Crippen molar-refractivity contribution in [3.8, 4) is 11.5 Å². The molecular weight excluding hydrogens is 470 g/mol. The number of aromatic carboxylic acids is 1. The van der Waals surface area contributed by atoms with Gasteiger partial charge in [0.25, 0.3) is 0 Å². The highest BCUT2D eigenvalue weighted by Crippen LogP contribution is 2.38. The Morgan fingerprint density at radius 2 is 1.90 bits per heavy atom. The Labute approximate surface area is 188 Å². The predicted octanol–water partition coefficient (Wildman–Crippen LogP) is 6.31. The number of methoxy groups -OCH3 is 1. The second-order valence-corrected chi connectivity index (χ2v) is 7.84. The Bertz CT molecular complexity index is 1070. The number of carbonyl (C=O) groups is 1. The van der Waals surface area contributed by atoms with Crippen LogP contribution in [0, 0.1) is 6.92 Å². The first kappa shape index (κ1) is 22.0. The van der Waals surface area contributed by atoms with Crippen molar-refractivity contribution in [2.75, 3.05) is 12.4 Å². The maximum atomic E-state index is 11.4. The molecule has 0 atom stereocenters. The highest BCUT2D eigenvalue weighted by atomic mass is 79.9. The van der Waals surface area contributed by atoms with Crippen LogP contribution in [0.1, 0.15) is 27.0 Å². The number of hydrogen-bond acceptors (Lipinski definition) is 4. The van der Waals surface area contributed by atoms with Crippen LogP contribution in [0.15, 0.2) is 59.1 Å². The zero-order valence-corrected chi connectivity index (χ0v) is 18.9. The molecule has 0 heterocycles. The Hall–Kier alpha value is -2.70. The van der Waals surface area contributed by atoms with Crippen LogP contribution in [0.3, 0.4) is 0 Å². The van der Waals surface area contributed by atoms with Gasteiger partial charge in [0.15, 0.2) is 11.5 Å². The third-order valence-electron chi connectivity index (χ3n) is 4.74. The number of rotatable bonds is 8. The van der Waals surface area contributed by atoms with Gasteiger partial charge in [-0.2, -0.15) is 0 Å². The van der Waals surface area contributed by atoms with Gasteiger partial charge in [0.1, 0.15) is 6.61 Å². The molecule has 7 heteroatoms. The van der Waals surface area contributed by atoms with Gasteiger partial charge >= 0.3 is 5.97 Å².